The molecule has 86 valence electrons. The van der Waals surface area contributed by atoms with Crippen molar-refractivity contribution < 1.29 is 18.7 Å². The first-order valence-electron chi connectivity index (χ1n) is 4.78. The van der Waals surface area contributed by atoms with Crippen LogP contribution in [0.4, 0.5) is 8.78 Å². The SMILES string of the molecule is N=C(N)C(C(=O)O)C1CCC(F)(F)CC1. The number of nitrogens with one attached hydrogen (secondary N) is 1. The maximum Gasteiger partial charge on any atom is 0.314 e. The molecule has 1 saturated carbocycles. The van der Waals surface area contributed by atoms with E-state index in [0.29, 0.717) is 0 Å². The fraction of sp³-hybridized carbons (Fsp3) is 0.778. The standard InChI is InChI=1S/C9H14F2N2O2/c10-9(11)3-1-5(2-4-9)6(7(12)13)8(14)15/h5-6H,1-4H2,(H3,12,13)(H,14,15). The maximum atomic E-state index is 12.8. The lowest BCUT2D eigenvalue weighted by molar-refractivity contribution is -0.142. The molecule has 0 aromatic rings. The number of aliphatic carboxylic acids is 1. The minimum atomic E-state index is -2.68. The molecule has 0 heterocycles. The van der Waals surface area contributed by atoms with Gasteiger partial charge in [0, 0.05) is 12.8 Å². The van der Waals surface area contributed by atoms with Gasteiger partial charge < -0.3 is 10.8 Å². The number of carbonyl (C=O) groups is 1. The molecule has 0 aliphatic heterocycles. The van der Waals surface area contributed by atoms with Crippen LogP contribution < -0.4 is 5.73 Å². The Labute approximate surface area is 86.0 Å². The molecule has 0 bridgehead atoms. The minimum absolute atomic E-state index is 0.115. The summed E-state index contributed by atoms with van der Waals surface area (Å²) < 4.78 is 25.6. The second-order valence-corrected chi connectivity index (χ2v) is 3.96. The monoisotopic (exact) mass is 220 g/mol. The van der Waals surface area contributed by atoms with Crippen molar-refractivity contribution in [2.75, 3.05) is 0 Å². The highest BCUT2D eigenvalue weighted by Gasteiger charge is 2.40. The quantitative estimate of drug-likeness (QED) is 0.497. The third kappa shape index (κ3) is 2.87. The summed E-state index contributed by atoms with van der Waals surface area (Å²) in [6, 6.07) is 0. The summed E-state index contributed by atoms with van der Waals surface area (Å²) >= 11 is 0. The summed E-state index contributed by atoms with van der Waals surface area (Å²) in [5.74, 6) is -5.87. The van der Waals surface area contributed by atoms with Crippen LogP contribution in [0.5, 0.6) is 0 Å². The number of rotatable bonds is 3. The molecule has 1 aliphatic rings. The molecule has 0 saturated heterocycles. The predicted molar refractivity (Wildman–Crippen MR) is 49.9 cm³/mol. The van der Waals surface area contributed by atoms with Crippen LogP contribution in [0.2, 0.25) is 0 Å². The summed E-state index contributed by atoms with van der Waals surface area (Å²) in [7, 11) is 0. The van der Waals surface area contributed by atoms with Crippen molar-refractivity contribution in [1.29, 1.82) is 5.41 Å². The molecule has 4 N–H and O–H groups in total. The lowest BCUT2D eigenvalue weighted by atomic mass is 9.78. The zero-order valence-electron chi connectivity index (χ0n) is 8.17. The topological polar surface area (TPSA) is 87.2 Å². The molecular formula is C9H14F2N2O2. The highest BCUT2D eigenvalue weighted by atomic mass is 19.3. The van der Waals surface area contributed by atoms with Crippen molar-refractivity contribution in [1.82, 2.24) is 0 Å². The Hall–Kier alpha value is -1.20. The van der Waals surface area contributed by atoms with Gasteiger partial charge in [0.05, 0.1) is 0 Å². The Kier molecular flexibility index (Phi) is 3.26. The van der Waals surface area contributed by atoms with Crippen LogP contribution >= 0.6 is 0 Å². The smallest absolute Gasteiger partial charge is 0.314 e. The van der Waals surface area contributed by atoms with E-state index in [1.807, 2.05) is 0 Å². The second kappa shape index (κ2) is 4.12. The lowest BCUT2D eigenvalue weighted by Crippen LogP contribution is -2.39. The minimum Gasteiger partial charge on any atom is -0.481 e. The van der Waals surface area contributed by atoms with Crippen LogP contribution in [0.15, 0.2) is 0 Å². The van der Waals surface area contributed by atoms with Crippen molar-refractivity contribution in [2.24, 2.45) is 17.6 Å². The molecule has 15 heavy (non-hydrogen) atoms. The number of carboxylic acid groups (broad SMARTS) is 1. The van der Waals surface area contributed by atoms with Crippen LogP contribution in [0.1, 0.15) is 25.7 Å². The van der Waals surface area contributed by atoms with Gasteiger partial charge in [0.2, 0.25) is 5.92 Å². The molecule has 4 nitrogen and oxygen atoms in total. The molecule has 0 aromatic carbocycles. The molecule has 1 aliphatic carbocycles. The molecule has 6 heteroatoms. The van der Waals surface area contributed by atoms with E-state index in [-0.39, 0.29) is 25.7 Å². The zero-order valence-corrected chi connectivity index (χ0v) is 8.17. The fourth-order valence-corrected chi connectivity index (χ4v) is 1.98. The largest absolute Gasteiger partial charge is 0.481 e. The Bertz CT molecular complexity index is 257. The molecule has 0 aromatic heterocycles. The van der Waals surface area contributed by atoms with E-state index in [2.05, 4.69) is 0 Å². The summed E-state index contributed by atoms with van der Waals surface area (Å²) in [6.07, 6.45) is -0.392. The van der Waals surface area contributed by atoms with Gasteiger partial charge in [-0.1, -0.05) is 0 Å². The van der Waals surface area contributed by atoms with E-state index in [1.54, 1.807) is 0 Å². The highest BCUT2D eigenvalue weighted by Crippen LogP contribution is 2.39. The van der Waals surface area contributed by atoms with Gasteiger partial charge >= 0.3 is 5.97 Å². The van der Waals surface area contributed by atoms with Gasteiger partial charge in [0.1, 0.15) is 11.8 Å². The lowest BCUT2D eigenvalue weighted by Gasteiger charge is -2.31. The van der Waals surface area contributed by atoms with Gasteiger partial charge in [-0.3, -0.25) is 10.2 Å². The number of nitrogens with two attached hydrogens (primary N) is 1. The Morgan fingerprint density at radius 2 is 1.93 bits per heavy atom. The van der Waals surface area contributed by atoms with Crippen LogP contribution in [0.3, 0.4) is 0 Å². The van der Waals surface area contributed by atoms with E-state index in [4.69, 9.17) is 16.2 Å². The fourth-order valence-electron chi connectivity index (χ4n) is 1.98. The molecule has 0 spiro atoms. The van der Waals surface area contributed by atoms with Crippen molar-refractivity contribution in [2.45, 2.75) is 31.6 Å². The number of carboxylic acids is 1. The number of alkyl halides is 2. The summed E-state index contributed by atoms with van der Waals surface area (Å²) in [6.45, 7) is 0. The molecule has 1 fully saturated rings. The summed E-state index contributed by atoms with van der Waals surface area (Å²) in [5.41, 5.74) is 5.15. The summed E-state index contributed by atoms with van der Waals surface area (Å²) in [4.78, 5) is 10.8. The first kappa shape index (κ1) is 11.9. The third-order valence-corrected chi connectivity index (χ3v) is 2.83. The number of halogens is 2. The molecule has 0 amide bonds. The molecule has 1 rings (SSSR count). The highest BCUT2D eigenvalue weighted by molar-refractivity contribution is 5.97. The van der Waals surface area contributed by atoms with E-state index < -0.39 is 29.6 Å². The number of amidine groups is 1. The predicted octanol–water partition coefficient (Wildman–Crippen LogP) is 1.45. The second-order valence-electron chi connectivity index (χ2n) is 3.96. The van der Waals surface area contributed by atoms with Crippen molar-refractivity contribution >= 4 is 11.8 Å². The van der Waals surface area contributed by atoms with Crippen LogP contribution in [-0.2, 0) is 4.79 Å². The van der Waals surface area contributed by atoms with Gasteiger partial charge in [-0.2, -0.15) is 0 Å². The molecule has 0 radical (unpaired) electrons. The van der Waals surface area contributed by atoms with Gasteiger partial charge in [0.25, 0.3) is 0 Å². The normalized spacial score (nSPS) is 23.3. The van der Waals surface area contributed by atoms with Crippen molar-refractivity contribution in [3.05, 3.63) is 0 Å². The zero-order chi connectivity index (χ0) is 11.6. The van der Waals surface area contributed by atoms with Gasteiger partial charge in [0.15, 0.2) is 0 Å². The summed E-state index contributed by atoms with van der Waals surface area (Å²) in [5, 5.41) is 15.9. The van der Waals surface area contributed by atoms with Crippen LogP contribution in [0.25, 0.3) is 0 Å². The van der Waals surface area contributed by atoms with Crippen molar-refractivity contribution in [3.63, 3.8) is 0 Å². The van der Waals surface area contributed by atoms with Crippen molar-refractivity contribution in [3.8, 4) is 0 Å². The van der Waals surface area contributed by atoms with E-state index >= 15 is 0 Å². The molecular weight excluding hydrogens is 206 g/mol. The van der Waals surface area contributed by atoms with E-state index in [0.717, 1.165) is 0 Å². The van der Waals surface area contributed by atoms with Crippen LogP contribution in [-0.4, -0.2) is 22.8 Å². The van der Waals surface area contributed by atoms with E-state index in [9.17, 15) is 13.6 Å². The van der Waals surface area contributed by atoms with E-state index in [1.165, 1.54) is 0 Å². The van der Waals surface area contributed by atoms with Gasteiger partial charge in [-0.15, -0.1) is 0 Å². The maximum absolute atomic E-state index is 12.8. The Morgan fingerprint density at radius 1 is 1.47 bits per heavy atom. The number of hydrogen-bond donors (Lipinski definition) is 3. The average molecular weight is 220 g/mol. The number of hydrogen-bond acceptors (Lipinski definition) is 2. The van der Waals surface area contributed by atoms with Gasteiger partial charge in [-0.25, -0.2) is 8.78 Å². The third-order valence-electron chi connectivity index (χ3n) is 2.83. The van der Waals surface area contributed by atoms with Gasteiger partial charge in [-0.05, 0) is 18.8 Å². The van der Waals surface area contributed by atoms with Crippen LogP contribution in [0, 0.1) is 17.2 Å². The first-order valence-corrected chi connectivity index (χ1v) is 4.78. The Balaban J connectivity index is 2.65. The molecule has 1 unspecified atom stereocenters. The molecule has 1 atom stereocenters. The Morgan fingerprint density at radius 3 is 2.27 bits per heavy atom. The first-order chi connectivity index (χ1) is 6.83. The average Bonchev–Trinajstić information content (AvgIpc) is 2.07.